The smallest absolute Gasteiger partial charge is 0.138 e. The zero-order chi connectivity index (χ0) is 14.2. The van der Waals surface area contributed by atoms with E-state index in [1.165, 1.54) is 5.56 Å². The summed E-state index contributed by atoms with van der Waals surface area (Å²) in [4.78, 5) is 0. The number of para-hydroxylation sites is 1. The third-order valence-corrected chi connectivity index (χ3v) is 3.95. The molecular formula is C15H22BrNO3. The number of hydrogen-bond donors (Lipinski definition) is 1. The molecule has 0 amide bonds. The molecule has 1 N–H and O–H groups in total. The van der Waals surface area contributed by atoms with Gasteiger partial charge in [-0.05, 0) is 34.8 Å². The first-order chi connectivity index (χ1) is 9.83. The summed E-state index contributed by atoms with van der Waals surface area (Å²) >= 11 is 3.56. The average Bonchev–Trinajstić information content (AvgIpc) is 2.66. The predicted molar refractivity (Wildman–Crippen MR) is 82.3 cm³/mol. The summed E-state index contributed by atoms with van der Waals surface area (Å²) in [6.07, 6.45) is 2.14. The maximum Gasteiger partial charge on any atom is 0.138 e. The predicted octanol–water partition coefficient (Wildman–Crippen LogP) is 2.92. The topological polar surface area (TPSA) is 39.7 Å². The van der Waals surface area contributed by atoms with E-state index in [9.17, 15) is 0 Å². The van der Waals surface area contributed by atoms with E-state index in [1.54, 1.807) is 7.11 Å². The van der Waals surface area contributed by atoms with Crippen LogP contribution in [0.1, 0.15) is 24.4 Å². The van der Waals surface area contributed by atoms with Crippen LogP contribution < -0.4 is 10.1 Å². The highest BCUT2D eigenvalue weighted by atomic mass is 79.9. The maximum atomic E-state index is 5.83. The maximum absolute atomic E-state index is 5.83. The minimum atomic E-state index is 0.330. The molecule has 0 spiro atoms. The van der Waals surface area contributed by atoms with Gasteiger partial charge < -0.3 is 19.5 Å². The molecule has 0 radical (unpaired) electrons. The van der Waals surface area contributed by atoms with E-state index in [0.717, 1.165) is 36.2 Å². The van der Waals surface area contributed by atoms with Gasteiger partial charge in [0.25, 0.3) is 0 Å². The van der Waals surface area contributed by atoms with E-state index >= 15 is 0 Å². The minimum Gasteiger partial charge on any atom is -0.492 e. The van der Waals surface area contributed by atoms with Crippen molar-refractivity contribution in [2.75, 3.05) is 40.1 Å². The molecule has 0 bridgehead atoms. The van der Waals surface area contributed by atoms with Gasteiger partial charge >= 0.3 is 0 Å². The van der Waals surface area contributed by atoms with Crippen LogP contribution in [0, 0.1) is 0 Å². The van der Waals surface area contributed by atoms with Crippen LogP contribution in [0.5, 0.6) is 5.75 Å². The summed E-state index contributed by atoms with van der Waals surface area (Å²) in [5, 5.41) is 3.56. The molecule has 4 nitrogen and oxygen atoms in total. The quantitative estimate of drug-likeness (QED) is 0.772. The molecule has 1 atom stereocenters. The fraction of sp³-hybridized carbons (Fsp3) is 0.600. The highest BCUT2D eigenvalue weighted by Gasteiger charge is 2.20. The fourth-order valence-corrected chi connectivity index (χ4v) is 2.83. The van der Waals surface area contributed by atoms with Crippen molar-refractivity contribution in [2.24, 2.45) is 0 Å². The molecule has 1 aromatic rings. The highest BCUT2D eigenvalue weighted by Crippen LogP contribution is 2.36. The van der Waals surface area contributed by atoms with Crippen molar-refractivity contribution in [1.29, 1.82) is 0 Å². The number of rotatable bonds is 7. The van der Waals surface area contributed by atoms with E-state index in [1.807, 2.05) is 6.07 Å². The first kappa shape index (κ1) is 15.8. The van der Waals surface area contributed by atoms with Gasteiger partial charge in [0.1, 0.15) is 5.75 Å². The second-order valence-electron chi connectivity index (χ2n) is 4.76. The zero-order valence-corrected chi connectivity index (χ0v) is 13.4. The van der Waals surface area contributed by atoms with Crippen LogP contribution in [0.15, 0.2) is 22.7 Å². The normalized spacial score (nSPS) is 18.2. The van der Waals surface area contributed by atoms with Gasteiger partial charge in [-0.1, -0.05) is 12.1 Å². The Morgan fingerprint density at radius 3 is 3.10 bits per heavy atom. The van der Waals surface area contributed by atoms with Crippen LogP contribution in [-0.2, 0) is 9.47 Å². The van der Waals surface area contributed by atoms with E-state index in [2.05, 4.69) is 33.4 Å². The van der Waals surface area contributed by atoms with E-state index < -0.39 is 0 Å². The molecule has 0 saturated heterocycles. The van der Waals surface area contributed by atoms with Crippen LogP contribution in [0.3, 0.4) is 0 Å². The number of hydrogen-bond acceptors (Lipinski definition) is 4. The summed E-state index contributed by atoms with van der Waals surface area (Å²) in [5.74, 6) is 0.975. The van der Waals surface area contributed by atoms with Gasteiger partial charge in [0.05, 0.1) is 30.9 Å². The zero-order valence-electron chi connectivity index (χ0n) is 11.9. The van der Waals surface area contributed by atoms with Crippen molar-refractivity contribution in [3.63, 3.8) is 0 Å². The Bertz CT molecular complexity index is 414. The van der Waals surface area contributed by atoms with Crippen LogP contribution in [-0.4, -0.2) is 40.1 Å². The van der Waals surface area contributed by atoms with Gasteiger partial charge in [-0.2, -0.15) is 0 Å². The fourth-order valence-electron chi connectivity index (χ4n) is 2.33. The summed E-state index contributed by atoms with van der Waals surface area (Å²) in [5.41, 5.74) is 1.23. The highest BCUT2D eigenvalue weighted by molar-refractivity contribution is 9.10. The Kier molecular flexibility index (Phi) is 6.79. The molecule has 1 aliphatic heterocycles. The van der Waals surface area contributed by atoms with Crippen LogP contribution >= 0.6 is 15.9 Å². The first-order valence-electron chi connectivity index (χ1n) is 7.04. The van der Waals surface area contributed by atoms with Gasteiger partial charge in [0.15, 0.2) is 0 Å². The second-order valence-corrected chi connectivity index (χ2v) is 5.62. The number of nitrogens with one attached hydrogen (secondary N) is 1. The third-order valence-electron chi connectivity index (χ3n) is 3.33. The van der Waals surface area contributed by atoms with E-state index in [4.69, 9.17) is 14.2 Å². The Balaban J connectivity index is 1.87. The first-order valence-corrected chi connectivity index (χ1v) is 7.83. The lowest BCUT2D eigenvalue weighted by Crippen LogP contribution is -2.25. The Morgan fingerprint density at radius 2 is 2.25 bits per heavy atom. The van der Waals surface area contributed by atoms with E-state index in [-0.39, 0.29) is 0 Å². The standard InChI is InChI=1S/C15H22BrNO3/c1-18-10-11-19-9-7-17-14-6-3-8-20-15-12(14)4-2-5-13(15)16/h2,4-5,14,17H,3,6-11H2,1H3. The van der Waals surface area contributed by atoms with Crippen molar-refractivity contribution >= 4 is 15.9 Å². The summed E-state index contributed by atoms with van der Waals surface area (Å²) in [7, 11) is 1.68. The van der Waals surface area contributed by atoms with Gasteiger partial charge in [-0.3, -0.25) is 0 Å². The summed E-state index contributed by atoms with van der Waals surface area (Å²) < 4.78 is 17.3. The molecule has 1 aromatic carbocycles. The number of benzene rings is 1. The van der Waals surface area contributed by atoms with E-state index in [0.29, 0.717) is 25.9 Å². The monoisotopic (exact) mass is 343 g/mol. The van der Waals surface area contributed by atoms with Gasteiger partial charge in [0, 0.05) is 25.3 Å². The van der Waals surface area contributed by atoms with Crippen molar-refractivity contribution in [1.82, 2.24) is 5.32 Å². The molecule has 1 heterocycles. The molecule has 0 aliphatic carbocycles. The lowest BCUT2D eigenvalue weighted by atomic mass is 10.0. The van der Waals surface area contributed by atoms with Crippen LogP contribution in [0.4, 0.5) is 0 Å². The van der Waals surface area contributed by atoms with Crippen molar-refractivity contribution < 1.29 is 14.2 Å². The van der Waals surface area contributed by atoms with Gasteiger partial charge in [-0.15, -0.1) is 0 Å². The number of methoxy groups -OCH3 is 1. The largest absolute Gasteiger partial charge is 0.492 e. The molecule has 0 aromatic heterocycles. The number of halogens is 1. The lowest BCUT2D eigenvalue weighted by Gasteiger charge is -2.19. The molecule has 2 rings (SSSR count). The van der Waals surface area contributed by atoms with Crippen LogP contribution in [0.25, 0.3) is 0 Å². The minimum absolute atomic E-state index is 0.330. The van der Waals surface area contributed by atoms with Crippen molar-refractivity contribution in [2.45, 2.75) is 18.9 Å². The third kappa shape index (κ3) is 4.45. The summed E-state index contributed by atoms with van der Waals surface area (Å²) in [6.45, 7) is 3.60. The molecule has 1 unspecified atom stereocenters. The number of fused-ring (bicyclic) bond motifs is 1. The average molecular weight is 344 g/mol. The van der Waals surface area contributed by atoms with Crippen molar-refractivity contribution in [3.8, 4) is 5.75 Å². The molecule has 0 saturated carbocycles. The molecule has 20 heavy (non-hydrogen) atoms. The lowest BCUT2D eigenvalue weighted by molar-refractivity contribution is 0.0709. The van der Waals surface area contributed by atoms with Crippen molar-refractivity contribution in [3.05, 3.63) is 28.2 Å². The van der Waals surface area contributed by atoms with Gasteiger partial charge in [0.2, 0.25) is 0 Å². The Hall–Kier alpha value is -0.620. The Morgan fingerprint density at radius 1 is 1.35 bits per heavy atom. The molecule has 0 fully saturated rings. The molecule has 1 aliphatic rings. The number of ether oxygens (including phenoxy) is 3. The molecular weight excluding hydrogens is 322 g/mol. The molecule has 112 valence electrons. The molecule has 5 heteroatoms. The Labute approximate surface area is 128 Å². The van der Waals surface area contributed by atoms with Crippen LogP contribution in [0.2, 0.25) is 0 Å². The second kappa shape index (κ2) is 8.62. The van der Waals surface area contributed by atoms with Gasteiger partial charge in [-0.25, -0.2) is 0 Å². The summed E-state index contributed by atoms with van der Waals surface area (Å²) in [6, 6.07) is 6.54. The SMILES string of the molecule is COCCOCCNC1CCCOc2c(Br)cccc21.